The number of anilines is 2. The van der Waals surface area contributed by atoms with Crippen LogP contribution in [0.1, 0.15) is 34.7 Å². The summed E-state index contributed by atoms with van der Waals surface area (Å²) >= 11 is 18.1. The number of allylic oxidation sites excluding steroid dienone is 2. The summed E-state index contributed by atoms with van der Waals surface area (Å²) < 4.78 is 19.7. The van der Waals surface area contributed by atoms with Crippen molar-refractivity contribution in [2.24, 2.45) is 17.8 Å². The number of carboxylic acid groups (broad SMARTS) is 1. The predicted octanol–water partition coefficient (Wildman–Crippen LogP) is 5.47. The van der Waals surface area contributed by atoms with E-state index in [0.717, 1.165) is 34.1 Å². The molecule has 3 fully saturated rings. The molecule has 11 nitrogen and oxygen atoms in total. The summed E-state index contributed by atoms with van der Waals surface area (Å²) in [4.78, 5) is 65.6. The smallest absolute Gasteiger partial charge is 0.339 e. The molecule has 15 heteroatoms. The van der Waals surface area contributed by atoms with E-state index in [1.807, 2.05) is 0 Å². The van der Waals surface area contributed by atoms with E-state index in [1.165, 1.54) is 37.4 Å². The lowest BCUT2D eigenvalue weighted by Crippen LogP contribution is -2.60. The molecule has 0 radical (unpaired) electrons. The standard InChI is InChI=1S/C34H24BrCl2FN2O9/c1-49-24-11-14(35)10-21(27(24)42)26-18-8-9-20-25(29(44)39(28(20)43)17-6-7-19(30(45)46)23(41)12-17)22(18)13-33(36)31(47)40(32(48)34(26,33)37)16-4-2-15(38)3-5-16/h2-8,10-12,20,22,25-26,41-42H,9,13H2,1H3,(H,45,46). The molecular weight excluding hydrogens is 750 g/mol. The number of methoxy groups -OCH3 is 1. The lowest BCUT2D eigenvalue weighted by Gasteiger charge is -2.50. The minimum Gasteiger partial charge on any atom is -0.507 e. The molecule has 0 aromatic heterocycles. The second kappa shape index (κ2) is 11.3. The third-order valence-corrected chi connectivity index (χ3v) is 11.8. The molecular formula is C34H24BrCl2FN2O9. The number of imide groups is 2. The largest absolute Gasteiger partial charge is 0.507 e. The topological polar surface area (TPSA) is 162 Å². The van der Waals surface area contributed by atoms with Gasteiger partial charge in [0.1, 0.15) is 17.1 Å². The molecule has 2 saturated heterocycles. The summed E-state index contributed by atoms with van der Waals surface area (Å²) in [6.45, 7) is 0. The summed E-state index contributed by atoms with van der Waals surface area (Å²) in [6.07, 6.45) is 1.30. The van der Waals surface area contributed by atoms with E-state index in [1.54, 1.807) is 6.08 Å². The number of carbonyl (C=O) groups excluding carboxylic acids is 4. The molecule has 2 heterocycles. The van der Waals surface area contributed by atoms with Crippen LogP contribution >= 0.6 is 39.1 Å². The third-order valence-electron chi connectivity index (χ3n) is 9.97. The summed E-state index contributed by atoms with van der Waals surface area (Å²) in [5.41, 5.74) is -0.0422. The number of benzene rings is 3. The highest BCUT2D eigenvalue weighted by atomic mass is 79.9. The van der Waals surface area contributed by atoms with Crippen LogP contribution in [0.5, 0.6) is 17.2 Å². The summed E-state index contributed by atoms with van der Waals surface area (Å²) in [7, 11) is 1.32. The van der Waals surface area contributed by atoms with Crippen LogP contribution in [-0.4, -0.2) is 61.8 Å². The molecule has 2 aliphatic heterocycles. The second-order valence-corrected chi connectivity index (χ2v) is 14.5. The monoisotopic (exact) mass is 772 g/mol. The van der Waals surface area contributed by atoms with E-state index in [4.69, 9.17) is 27.9 Å². The van der Waals surface area contributed by atoms with Crippen LogP contribution in [0.25, 0.3) is 0 Å². The van der Waals surface area contributed by atoms with Gasteiger partial charge in [-0.25, -0.2) is 19.0 Å². The van der Waals surface area contributed by atoms with Crippen molar-refractivity contribution < 1.29 is 48.4 Å². The number of aromatic carboxylic acids is 1. The highest BCUT2D eigenvalue weighted by molar-refractivity contribution is 9.10. The fraction of sp³-hybridized carbons (Fsp3) is 0.265. The number of hydrogen-bond acceptors (Lipinski definition) is 8. The van der Waals surface area contributed by atoms with Gasteiger partial charge < -0.3 is 20.1 Å². The number of aromatic hydroxyl groups is 2. The third kappa shape index (κ3) is 4.48. The van der Waals surface area contributed by atoms with Crippen molar-refractivity contribution in [3.63, 3.8) is 0 Å². The van der Waals surface area contributed by atoms with E-state index in [9.17, 15) is 43.7 Å². The van der Waals surface area contributed by atoms with Gasteiger partial charge in [-0.3, -0.25) is 19.2 Å². The first-order valence-electron chi connectivity index (χ1n) is 14.9. The van der Waals surface area contributed by atoms with Crippen LogP contribution in [0, 0.1) is 23.6 Å². The highest BCUT2D eigenvalue weighted by Crippen LogP contribution is 2.67. The van der Waals surface area contributed by atoms with Gasteiger partial charge in [-0.05, 0) is 67.3 Å². The Morgan fingerprint density at radius 2 is 1.61 bits per heavy atom. The van der Waals surface area contributed by atoms with Crippen LogP contribution in [0.3, 0.4) is 0 Å². The zero-order chi connectivity index (χ0) is 35.3. The fourth-order valence-electron chi connectivity index (χ4n) is 7.81. The zero-order valence-corrected chi connectivity index (χ0v) is 28.3. The van der Waals surface area contributed by atoms with Gasteiger partial charge >= 0.3 is 5.97 Å². The van der Waals surface area contributed by atoms with Crippen molar-refractivity contribution in [1.29, 1.82) is 0 Å². The van der Waals surface area contributed by atoms with Crippen LogP contribution in [0.15, 0.2) is 70.7 Å². The molecule has 3 aromatic rings. The maximum atomic E-state index is 14.5. The number of ether oxygens (including phenoxy) is 1. The molecule has 4 amide bonds. The second-order valence-electron chi connectivity index (χ2n) is 12.3. The number of hydrogen-bond donors (Lipinski definition) is 3. The Balaban J connectivity index is 1.41. The van der Waals surface area contributed by atoms with Crippen LogP contribution in [0.2, 0.25) is 0 Å². The summed E-state index contributed by atoms with van der Waals surface area (Å²) in [5.74, 6) is -10.6. The van der Waals surface area contributed by atoms with Gasteiger partial charge in [-0.2, -0.15) is 0 Å². The number of amides is 4. The summed E-state index contributed by atoms with van der Waals surface area (Å²) in [6, 6.07) is 10.9. The first kappa shape index (κ1) is 33.1. The van der Waals surface area contributed by atoms with Gasteiger partial charge in [0.15, 0.2) is 21.2 Å². The van der Waals surface area contributed by atoms with E-state index in [2.05, 4.69) is 15.9 Å². The molecule has 2 aliphatic carbocycles. The number of fused-ring (bicyclic) bond motifs is 4. The van der Waals surface area contributed by atoms with Crippen molar-refractivity contribution in [1.82, 2.24) is 0 Å². The minimum absolute atomic E-state index is 0.00150. The first-order chi connectivity index (χ1) is 23.1. The van der Waals surface area contributed by atoms with E-state index in [0.29, 0.717) is 10.0 Å². The Kier molecular flexibility index (Phi) is 7.62. The molecule has 3 aromatic carbocycles. The Morgan fingerprint density at radius 1 is 0.939 bits per heavy atom. The Labute approximate surface area is 295 Å². The number of carboxylic acids is 1. The van der Waals surface area contributed by atoms with Crippen LogP contribution in [0.4, 0.5) is 15.8 Å². The van der Waals surface area contributed by atoms with Crippen LogP contribution < -0.4 is 14.5 Å². The van der Waals surface area contributed by atoms with Crippen molar-refractivity contribution >= 4 is 80.1 Å². The molecule has 0 bridgehead atoms. The molecule has 3 N–H and O–H groups in total. The van der Waals surface area contributed by atoms with Crippen molar-refractivity contribution in [3.8, 4) is 17.2 Å². The van der Waals surface area contributed by atoms with Crippen molar-refractivity contribution in [3.05, 3.63) is 87.7 Å². The molecule has 4 aliphatic rings. The molecule has 6 atom stereocenters. The zero-order valence-electron chi connectivity index (χ0n) is 25.2. The number of nitrogens with zero attached hydrogens (tertiary/aromatic N) is 2. The molecule has 7 rings (SSSR count). The molecule has 252 valence electrons. The van der Waals surface area contributed by atoms with Crippen molar-refractivity contribution in [2.75, 3.05) is 16.9 Å². The average molecular weight is 774 g/mol. The predicted molar refractivity (Wildman–Crippen MR) is 177 cm³/mol. The first-order valence-corrected chi connectivity index (χ1v) is 16.4. The maximum absolute atomic E-state index is 14.5. The normalized spacial score (nSPS) is 29.0. The Hall–Kier alpha value is -4.46. The minimum atomic E-state index is -2.29. The van der Waals surface area contributed by atoms with Gasteiger partial charge in [0, 0.05) is 22.0 Å². The average Bonchev–Trinajstić information content (AvgIpc) is 3.40. The van der Waals surface area contributed by atoms with E-state index in [-0.39, 0.29) is 35.5 Å². The SMILES string of the molecule is COc1cc(Br)cc(C2C3=CCC4C(=O)N(c5ccc(C(=O)O)c(O)c5)C(=O)C4C3CC3(Cl)C(=O)N(c4ccc(F)cc4)C(=O)C23Cl)c1O. The Morgan fingerprint density at radius 3 is 2.24 bits per heavy atom. The summed E-state index contributed by atoms with van der Waals surface area (Å²) in [5, 5.41) is 31.2. The molecule has 1 saturated carbocycles. The van der Waals surface area contributed by atoms with Gasteiger partial charge in [0.25, 0.3) is 11.8 Å². The molecule has 49 heavy (non-hydrogen) atoms. The highest BCUT2D eigenvalue weighted by Gasteiger charge is 2.77. The fourth-order valence-corrected chi connectivity index (χ4v) is 9.19. The number of alkyl halides is 2. The van der Waals surface area contributed by atoms with Crippen LogP contribution in [-0.2, 0) is 19.2 Å². The lowest BCUT2D eigenvalue weighted by molar-refractivity contribution is -0.125. The number of phenols is 2. The van der Waals surface area contributed by atoms with Gasteiger partial charge in [-0.15, -0.1) is 23.2 Å². The van der Waals surface area contributed by atoms with Crippen molar-refractivity contribution in [2.45, 2.75) is 28.5 Å². The quantitative estimate of drug-likeness (QED) is 0.173. The number of carbonyl (C=O) groups is 5. The maximum Gasteiger partial charge on any atom is 0.339 e. The number of rotatable bonds is 5. The molecule has 6 unspecified atom stereocenters. The lowest BCUT2D eigenvalue weighted by atomic mass is 9.56. The van der Waals surface area contributed by atoms with Gasteiger partial charge in [0.2, 0.25) is 11.8 Å². The molecule has 0 spiro atoms. The van der Waals surface area contributed by atoms with E-state index >= 15 is 0 Å². The van der Waals surface area contributed by atoms with Gasteiger partial charge in [-0.1, -0.05) is 27.6 Å². The van der Waals surface area contributed by atoms with Gasteiger partial charge in [0.05, 0.1) is 30.3 Å². The van der Waals surface area contributed by atoms with E-state index < -0.39 is 85.9 Å². The Bertz CT molecular complexity index is 2060. The number of phenolic OH excluding ortho intramolecular Hbond substituents is 1. The number of halogens is 4.